The molecule has 1 amide bonds. The van der Waals surface area contributed by atoms with Crippen molar-refractivity contribution in [3.63, 3.8) is 0 Å². The lowest BCUT2D eigenvalue weighted by Gasteiger charge is -2.53. The van der Waals surface area contributed by atoms with Gasteiger partial charge in [0.1, 0.15) is 0 Å². The highest BCUT2D eigenvalue weighted by atomic mass is 16.5. The molecule has 17 heavy (non-hydrogen) atoms. The summed E-state index contributed by atoms with van der Waals surface area (Å²) in [5, 5.41) is 6.41. The molecule has 2 N–H and O–H groups in total. The maximum atomic E-state index is 11.7. The maximum Gasteiger partial charge on any atom is 0.237 e. The normalized spacial score (nSPS) is 36.2. The van der Waals surface area contributed by atoms with Crippen LogP contribution >= 0.6 is 0 Å². The van der Waals surface area contributed by atoms with Gasteiger partial charge in [0.15, 0.2) is 0 Å². The third-order valence-corrected chi connectivity index (χ3v) is 4.23. The number of carbonyl (C=O) groups excluding carboxylic acids is 1. The number of rotatable bonds is 4. The Balaban J connectivity index is 1.86. The lowest BCUT2D eigenvalue weighted by Crippen LogP contribution is -2.65. The molecular weight excluding hydrogens is 216 g/mol. The van der Waals surface area contributed by atoms with Crippen molar-refractivity contribution in [1.82, 2.24) is 10.6 Å². The summed E-state index contributed by atoms with van der Waals surface area (Å²) in [5.41, 5.74) is 0.133. The van der Waals surface area contributed by atoms with Crippen LogP contribution in [0.1, 0.15) is 40.0 Å². The molecule has 0 aromatic carbocycles. The fourth-order valence-corrected chi connectivity index (χ4v) is 2.83. The Bertz CT molecular complexity index is 291. The second-order valence-corrected chi connectivity index (χ2v) is 5.71. The van der Waals surface area contributed by atoms with Crippen molar-refractivity contribution < 1.29 is 9.53 Å². The number of ether oxygens (including phenoxy) is 1. The van der Waals surface area contributed by atoms with Crippen LogP contribution in [-0.2, 0) is 9.53 Å². The molecule has 1 heterocycles. The van der Waals surface area contributed by atoms with Gasteiger partial charge < -0.3 is 15.4 Å². The van der Waals surface area contributed by atoms with E-state index < -0.39 is 0 Å². The van der Waals surface area contributed by atoms with Crippen molar-refractivity contribution in [3.8, 4) is 0 Å². The monoisotopic (exact) mass is 240 g/mol. The Morgan fingerprint density at radius 1 is 1.53 bits per heavy atom. The molecule has 0 bridgehead atoms. The van der Waals surface area contributed by atoms with E-state index in [0.29, 0.717) is 12.1 Å². The van der Waals surface area contributed by atoms with Gasteiger partial charge in [-0.15, -0.1) is 0 Å². The molecule has 1 saturated heterocycles. The average Bonchev–Trinajstić information content (AvgIpc) is 2.30. The number of hydrogen-bond donors (Lipinski definition) is 2. The predicted molar refractivity (Wildman–Crippen MR) is 66.8 cm³/mol. The van der Waals surface area contributed by atoms with Crippen molar-refractivity contribution in [2.45, 2.75) is 58.2 Å². The van der Waals surface area contributed by atoms with Gasteiger partial charge in [-0.3, -0.25) is 4.79 Å². The Kier molecular flexibility index (Phi) is 3.73. The quantitative estimate of drug-likeness (QED) is 0.772. The summed E-state index contributed by atoms with van der Waals surface area (Å²) in [7, 11) is 0. The summed E-state index contributed by atoms with van der Waals surface area (Å²) in [6.07, 6.45) is 3.38. The largest absolute Gasteiger partial charge is 0.378 e. The highest BCUT2D eigenvalue weighted by Gasteiger charge is 2.49. The van der Waals surface area contributed by atoms with Gasteiger partial charge in [0.25, 0.3) is 0 Å². The molecule has 2 aliphatic rings. The molecule has 98 valence electrons. The van der Waals surface area contributed by atoms with E-state index in [-0.39, 0.29) is 17.4 Å². The van der Waals surface area contributed by atoms with Gasteiger partial charge in [0.05, 0.1) is 12.1 Å². The Morgan fingerprint density at radius 2 is 2.29 bits per heavy atom. The third kappa shape index (κ3) is 2.47. The van der Waals surface area contributed by atoms with Crippen molar-refractivity contribution in [2.24, 2.45) is 5.41 Å². The van der Waals surface area contributed by atoms with Gasteiger partial charge in [-0.1, -0.05) is 13.8 Å². The zero-order chi connectivity index (χ0) is 12.5. The number of hydrogen-bond acceptors (Lipinski definition) is 3. The van der Waals surface area contributed by atoms with Crippen LogP contribution in [0.2, 0.25) is 0 Å². The fraction of sp³-hybridized carbons (Fsp3) is 0.923. The van der Waals surface area contributed by atoms with Crippen molar-refractivity contribution in [3.05, 3.63) is 0 Å². The molecular formula is C13H24N2O2. The minimum atomic E-state index is -0.00407. The molecule has 1 aliphatic carbocycles. The van der Waals surface area contributed by atoms with Crippen LogP contribution in [0.15, 0.2) is 0 Å². The first kappa shape index (κ1) is 12.8. The second-order valence-electron chi connectivity index (χ2n) is 5.71. The number of amides is 1. The first-order valence-electron chi connectivity index (χ1n) is 6.71. The van der Waals surface area contributed by atoms with E-state index in [2.05, 4.69) is 24.5 Å². The summed E-state index contributed by atoms with van der Waals surface area (Å²) in [6, 6.07) is 0.392. The zero-order valence-electron chi connectivity index (χ0n) is 11.1. The number of nitrogens with one attached hydrogen (secondary N) is 2. The summed E-state index contributed by atoms with van der Waals surface area (Å²) in [5.74, 6) is 0.159. The van der Waals surface area contributed by atoms with Crippen LogP contribution in [0.3, 0.4) is 0 Å². The van der Waals surface area contributed by atoms with Gasteiger partial charge in [0, 0.05) is 24.6 Å². The molecule has 2 fully saturated rings. The van der Waals surface area contributed by atoms with Gasteiger partial charge in [-0.25, -0.2) is 0 Å². The maximum absolute atomic E-state index is 11.7. The lowest BCUT2D eigenvalue weighted by molar-refractivity contribution is -0.132. The molecule has 0 aromatic heterocycles. The van der Waals surface area contributed by atoms with Crippen molar-refractivity contribution in [2.75, 3.05) is 13.2 Å². The van der Waals surface area contributed by atoms with Gasteiger partial charge in [-0.05, 0) is 26.2 Å². The summed E-state index contributed by atoms with van der Waals surface area (Å²) in [6.45, 7) is 8.06. The molecule has 0 aromatic rings. The SMILES string of the molecule is CCOC1CC(NC2CCCNC2=O)C1(C)C. The molecule has 1 aliphatic heterocycles. The molecule has 3 unspecified atom stereocenters. The minimum Gasteiger partial charge on any atom is -0.378 e. The topological polar surface area (TPSA) is 50.4 Å². The van der Waals surface area contributed by atoms with Crippen LogP contribution in [-0.4, -0.2) is 37.2 Å². The molecule has 0 radical (unpaired) electrons. The average molecular weight is 240 g/mol. The van der Waals surface area contributed by atoms with Crippen LogP contribution in [0.25, 0.3) is 0 Å². The minimum absolute atomic E-state index is 0.00407. The van der Waals surface area contributed by atoms with Crippen molar-refractivity contribution in [1.29, 1.82) is 0 Å². The molecule has 4 nitrogen and oxygen atoms in total. The predicted octanol–water partition coefficient (Wildman–Crippen LogP) is 1.06. The molecule has 2 rings (SSSR count). The van der Waals surface area contributed by atoms with Crippen LogP contribution in [0.4, 0.5) is 0 Å². The van der Waals surface area contributed by atoms with Crippen LogP contribution in [0, 0.1) is 5.41 Å². The lowest BCUT2D eigenvalue weighted by atomic mass is 9.64. The van der Waals surface area contributed by atoms with E-state index in [9.17, 15) is 4.79 Å². The summed E-state index contributed by atoms with van der Waals surface area (Å²) in [4.78, 5) is 11.7. The number of carbonyl (C=O) groups is 1. The molecule has 0 spiro atoms. The van der Waals surface area contributed by atoms with Gasteiger partial charge in [0.2, 0.25) is 5.91 Å². The van der Waals surface area contributed by atoms with E-state index in [1.165, 1.54) is 0 Å². The van der Waals surface area contributed by atoms with E-state index in [1.54, 1.807) is 0 Å². The second kappa shape index (κ2) is 4.94. The smallest absolute Gasteiger partial charge is 0.237 e. The van der Waals surface area contributed by atoms with Crippen molar-refractivity contribution >= 4 is 5.91 Å². The Morgan fingerprint density at radius 3 is 2.88 bits per heavy atom. The highest BCUT2D eigenvalue weighted by molar-refractivity contribution is 5.82. The Labute approximate surface area is 103 Å². The fourth-order valence-electron chi connectivity index (χ4n) is 2.83. The van der Waals surface area contributed by atoms with Gasteiger partial charge in [-0.2, -0.15) is 0 Å². The van der Waals surface area contributed by atoms with E-state index in [4.69, 9.17) is 4.74 Å². The zero-order valence-corrected chi connectivity index (χ0v) is 11.1. The Hall–Kier alpha value is -0.610. The first-order valence-corrected chi connectivity index (χ1v) is 6.71. The summed E-state index contributed by atoms with van der Waals surface area (Å²) >= 11 is 0. The summed E-state index contributed by atoms with van der Waals surface area (Å²) < 4.78 is 5.70. The van der Waals surface area contributed by atoms with E-state index in [1.807, 2.05) is 6.92 Å². The first-order chi connectivity index (χ1) is 8.05. The third-order valence-electron chi connectivity index (χ3n) is 4.23. The van der Waals surface area contributed by atoms with E-state index in [0.717, 1.165) is 32.4 Å². The molecule has 4 heteroatoms. The van der Waals surface area contributed by atoms with Gasteiger partial charge >= 0.3 is 0 Å². The standard InChI is InChI=1S/C13H24N2O2/c1-4-17-11-8-10(13(11,2)3)15-9-6-5-7-14-12(9)16/h9-11,15H,4-8H2,1-3H3,(H,14,16). The molecule has 1 saturated carbocycles. The van der Waals surface area contributed by atoms with E-state index >= 15 is 0 Å². The molecule has 3 atom stereocenters. The van der Waals surface area contributed by atoms with Crippen LogP contribution in [0.5, 0.6) is 0 Å². The highest BCUT2D eigenvalue weighted by Crippen LogP contribution is 2.43. The van der Waals surface area contributed by atoms with Crippen LogP contribution < -0.4 is 10.6 Å². The number of piperidine rings is 1.